The number of rotatable bonds is 8. The van der Waals surface area contributed by atoms with Crippen molar-refractivity contribution in [3.63, 3.8) is 0 Å². The molecule has 1 unspecified atom stereocenters. The second-order valence-electron chi connectivity index (χ2n) is 6.13. The van der Waals surface area contributed by atoms with Crippen LogP contribution in [0.15, 0.2) is 35.3 Å². The number of benzene rings is 1. The van der Waals surface area contributed by atoms with Crippen LogP contribution in [0.5, 0.6) is 0 Å². The van der Waals surface area contributed by atoms with Gasteiger partial charge in [-0.1, -0.05) is 32.0 Å². The first kappa shape index (κ1) is 22.7. The summed E-state index contributed by atoms with van der Waals surface area (Å²) in [6.07, 6.45) is 2.25. The SMILES string of the molecule is CCNC(=NCC(=O)Nc1ccccc1)NC(C)CCC(C)C.I. The van der Waals surface area contributed by atoms with Gasteiger partial charge in [-0.3, -0.25) is 4.79 Å². The average Bonchev–Trinajstić information content (AvgIpc) is 2.52. The van der Waals surface area contributed by atoms with Crippen LogP contribution >= 0.6 is 24.0 Å². The summed E-state index contributed by atoms with van der Waals surface area (Å²) in [4.78, 5) is 16.3. The van der Waals surface area contributed by atoms with Crippen molar-refractivity contribution in [2.45, 2.75) is 46.6 Å². The Hall–Kier alpha value is -1.31. The standard InChI is InChI=1S/C18H30N4O.HI/c1-5-19-18(21-15(4)12-11-14(2)3)20-13-17(23)22-16-9-7-6-8-10-16;/h6-10,14-15H,5,11-13H2,1-4H3,(H,22,23)(H2,19,20,21);1H. The molecule has 1 aromatic carbocycles. The third-order valence-electron chi connectivity index (χ3n) is 3.34. The van der Waals surface area contributed by atoms with Gasteiger partial charge in [0.25, 0.3) is 0 Å². The molecular formula is C18H31IN4O. The quantitative estimate of drug-likeness (QED) is 0.325. The summed E-state index contributed by atoms with van der Waals surface area (Å²) < 4.78 is 0. The predicted octanol–water partition coefficient (Wildman–Crippen LogP) is 3.62. The number of hydrogen-bond donors (Lipinski definition) is 3. The molecule has 0 radical (unpaired) electrons. The number of para-hydroxylation sites is 1. The number of aliphatic imine (C=N–C) groups is 1. The van der Waals surface area contributed by atoms with Gasteiger partial charge in [0.2, 0.25) is 5.91 Å². The van der Waals surface area contributed by atoms with Gasteiger partial charge in [0.15, 0.2) is 5.96 Å². The molecule has 1 aromatic rings. The number of anilines is 1. The van der Waals surface area contributed by atoms with E-state index >= 15 is 0 Å². The van der Waals surface area contributed by atoms with Gasteiger partial charge in [-0.05, 0) is 44.7 Å². The van der Waals surface area contributed by atoms with Gasteiger partial charge >= 0.3 is 0 Å². The molecule has 1 rings (SSSR count). The van der Waals surface area contributed by atoms with Crippen LogP contribution < -0.4 is 16.0 Å². The van der Waals surface area contributed by atoms with E-state index in [0.717, 1.165) is 18.7 Å². The second kappa shape index (κ2) is 13.0. The van der Waals surface area contributed by atoms with E-state index in [2.05, 4.69) is 41.7 Å². The van der Waals surface area contributed by atoms with Crippen molar-refractivity contribution in [1.82, 2.24) is 10.6 Å². The lowest BCUT2D eigenvalue weighted by Crippen LogP contribution is -2.42. The summed E-state index contributed by atoms with van der Waals surface area (Å²) in [5.41, 5.74) is 0.788. The molecule has 0 saturated heterocycles. The summed E-state index contributed by atoms with van der Waals surface area (Å²) in [5.74, 6) is 1.26. The largest absolute Gasteiger partial charge is 0.357 e. The first-order chi connectivity index (χ1) is 11.0. The van der Waals surface area contributed by atoms with Gasteiger partial charge in [0, 0.05) is 18.3 Å². The molecule has 6 heteroatoms. The van der Waals surface area contributed by atoms with Crippen LogP contribution in [0.2, 0.25) is 0 Å². The van der Waals surface area contributed by atoms with E-state index in [0.29, 0.717) is 17.9 Å². The van der Waals surface area contributed by atoms with Crippen LogP contribution in [0, 0.1) is 5.92 Å². The minimum absolute atomic E-state index is 0. The fraction of sp³-hybridized carbons (Fsp3) is 0.556. The van der Waals surface area contributed by atoms with E-state index in [1.807, 2.05) is 37.3 Å². The van der Waals surface area contributed by atoms with E-state index in [9.17, 15) is 4.79 Å². The van der Waals surface area contributed by atoms with Crippen LogP contribution in [0.1, 0.15) is 40.5 Å². The molecule has 0 heterocycles. The Morgan fingerprint density at radius 1 is 1.12 bits per heavy atom. The van der Waals surface area contributed by atoms with Crippen molar-refractivity contribution in [3.05, 3.63) is 30.3 Å². The number of amides is 1. The third kappa shape index (κ3) is 10.5. The van der Waals surface area contributed by atoms with Gasteiger partial charge in [-0.15, -0.1) is 24.0 Å². The molecule has 1 atom stereocenters. The highest BCUT2D eigenvalue weighted by atomic mass is 127. The maximum Gasteiger partial charge on any atom is 0.246 e. The van der Waals surface area contributed by atoms with Crippen molar-refractivity contribution in [2.24, 2.45) is 10.9 Å². The monoisotopic (exact) mass is 446 g/mol. The zero-order valence-electron chi connectivity index (χ0n) is 15.1. The molecule has 0 aliphatic carbocycles. The Morgan fingerprint density at radius 2 is 1.79 bits per heavy atom. The minimum Gasteiger partial charge on any atom is -0.357 e. The van der Waals surface area contributed by atoms with Gasteiger partial charge in [0.05, 0.1) is 0 Å². The molecule has 24 heavy (non-hydrogen) atoms. The second-order valence-corrected chi connectivity index (χ2v) is 6.13. The average molecular weight is 446 g/mol. The molecule has 0 fully saturated rings. The maximum atomic E-state index is 11.9. The van der Waals surface area contributed by atoms with Crippen molar-refractivity contribution < 1.29 is 4.79 Å². The number of guanidine groups is 1. The molecule has 5 nitrogen and oxygen atoms in total. The lowest BCUT2D eigenvalue weighted by atomic mass is 10.0. The van der Waals surface area contributed by atoms with Crippen molar-refractivity contribution in [1.29, 1.82) is 0 Å². The predicted molar refractivity (Wildman–Crippen MR) is 113 cm³/mol. The maximum absolute atomic E-state index is 11.9. The Bertz CT molecular complexity index is 491. The highest BCUT2D eigenvalue weighted by molar-refractivity contribution is 14.0. The molecule has 0 aliphatic heterocycles. The Balaban J connectivity index is 0.00000529. The number of hydrogen-bond acceptors (Lipinski definition) is 2. The van der Waals surface area contributed by atoms with Crippen molar-refractivity contribution in [3.8, 4) is 0 Å². The van der Waals surface area contributed by atoms with Gasteiger partial charge in [-0.25, -0.2) is 4.99 Å². The lowest BCUT2D eigenvalue weighted by Gasteiger charge is -2.18. The topological polar surface area (TPSA) is 65.5 Å². The van der Waals surface area contributed by atoms with E-state index < -0.39 is 0 Å². The summed E-state index contributed by atoms with van der Waals surface area (Å²) in [7, 11) is 0. The zero-order chi connectivity index (χ0) is 17.1. The van der Waals surface area contributed by atoms with Gasteiger partial charge < -0.3 is 16.0 Å². The smallest absolute Gasteiger partial charge is 0.246 e. The Labute approximate surface area is 163 Å². The first-order valence-electron chi connectivity index (χ1n) is 8.41. The van der Waals surface area contributed by atoms with Gasteiger partial charge in [-0.2, -0.15) is 0 Å². The Kier molecular flexibility index (Phi) is 12.3. The fourth-order valence-corrected chi connectivity index (χ4v) is 2.08. The highest BCUT2D eigenvalue weighted by Gasteiger charge is 2.07. The summed E-state index contributed by atoms with van der Waals surface area (Å²) >= 11 is 0. The lowest BCUT2D eigenvalue weighted by molar-refractivity contribution is -0.114. The number of carbonyl (C=O) groups excluding carboxylic acids is 1. The molecule has 0 spiro atoms. The van der Waals surface area contributed by atoms with E-state index in [4.69, 9.17) is 0 Å². The van der Waals surface area contributed by atoms with Crippen molar-refractivity contribution in [2.75, 3.05) is 18.4 Å². The van der Waals surface area contributed by atoms with Crippen LogP contribution in [0.3, 0.4) is 0 Å². The zero-order valence-corrected chi connectivity index (χ0v) is 17.5. The van der Waals surface area contributed by atoms with E-state index in [-0.39, 0.29) is 36.4 Å². The first-order valence-corrected chi connectivity index (χ1v) is 8.41. The van der Waals surface area contributed by atoms with E-state index in [1.165, 1.54) is 6.42 Å². The molecule has 0 bridgehead atoms. The molecule has 3 N–H and O–H groups in total. The third-order valence-corrected chi connectivity index (χ3v) is 3.34. The summed E-state index contributed by atoms with van der Waals surface area (Å²) in [6.45, 7) is 9.46. The highest BCUT2D eigenvalue weighted by Crippen LogP contribution is 2.06. The summed E-state index contributed by atoms with van der Waals surface area (Å²) in [5, 5.41) is 9.36. The van der Waals surface area contributed by atoms with Crippen LogP contribution in [-0.2, 0) is 4.79 Å². The van der Waals surface area contributed by atoms with E-state index in [1.54, 1.807) is 0 Å². The molecule has 0 aliphatic rings. The van der Waals surface area contributed by atoms with Crippen LogP contribution in [0.4, 0.5) is 5.69 Å². The molecule has 0 aromatic heterocycles. The number of nitrogens with one attached hydrogen (secondary N) is 3. The minimum atomic E-state index is -0.122. The van der Waals surface area contributed by atoms with Crippen LogP contribution in [0.25, 0.3) is 0 Å². The Morgan fingerprint density at radius 3 is 2.38 bits per heavy atom. The number of carbonyl (C=O) groups is 1. The number of halogens is 1. The number of nitrogens with zero attached hydrogens (tertiary/aromatic N) is 1. The fourth-order valence-electron chi connectivity index (χ4n) is 2.08. The molecule has 136 valence electrons. The van der Waals surface area contributed by atoms with Gasteiger partial charge in [0.1, 0.15) is 6.54 Å². The van der Waals surface area contributed by atoms with Crippen molar-refractivity contribution >= 4 is 41.5 Å². The summed E-state index contributed by atoms with van der Waals surface area (Å²) in [6, 6.07) is 9.74. The normalized spacial score (nSPS) is 12.3. The molecular weight excluding hydrogens is 415 g/mol. The molecule has 1 amide bonds. The molecule has 0 saturated carbocycles. The van der Waals surface area contributed by atoms with Crippen LogP contribution in [-0.4, -0.2) is 31.0 Å².